The fraction of sp³-hybridized carbons (Fsp3) is 0.250. The largest absolute Gasteiger partial charge is 0.493 e. The van der Waals surface area contributed by atoms with Crippen LogP contribution in [-0.4, -0.2) is 26.7 Å². The van der Waals surface area contributed by atoms with E-state index in [0.717, 1.165) is 38.8 Å². The zero-order valence-corrected chi connectivity index (χ0v) is 20.6. The minimum atomic E-state index is -0.216. The lowest BCUT2D eigenvalue weighted by Crippen LogP contribution is -2.20. The molecule has 1 N–H and O–H groups in total. The Bertz CT molecular complexity index is 1360. The number of methoxy groups -OCH3 is 2. The number of carbonyl (C=O) groups is 1. The van der Waals surface area contributed by atoms with Gasteiger partial charge in [-0.05, 0) is 62.2 Å². The van der Waals surface area contributed by atoms with Gasteiger partial charge in [0.1, 0.15) is 17.1 Å². The first-order chi connectivity index (χ1) is 17.0. The van der Waals surface area contributed by atoms with Crippen LogP contribution >= 0.6 is 0 Å². The number of aryl methyl sites for hydroxylation is 1. The second kappa shape index (κ2) is 10.4. The highest BCUT2D eigenvalue weighted by molar-refractivity contribution is 6.01. The van der Waals surface area contributed by atoms with Gasteiger partial charge in [0, 0.05) is 28.2 Å². The van der Waals surface area contributed by atoms with E-state index in [-0.39, 0.29) is 5.91 Å². The van der Waals surface area contributed by atoms with Crippen molar-refractivity contribution >= 4 is 22.4 Å². The van der Waals surface area contributed by atoms with Crippen LogP contribution in [0.2, 0.25) is 0 Å². The van der Waals surface area contributed by atoms with Gasteiger partial charge >= 0.3 is 0 Å². The number of amides is 1. The van der Waals surface area contributed by atoms with Gasteiger partial charge < -0.3 is 28.4 Å². The van der Waals surface area contributed by atoms with E-state index in [2.05, 4.69) is 5.32 Å². The Balaban J connectivity index is 1.76. The molecule has 2 aromatic carbocycles. The van der Waals surface area contributed by atoms with Gasteiger partial charge in [0.2, 0.25) is 5.91 Å². The van der Waals surface area contributed by atoms with E-state index < -0.39 is 0 Å². The molecule has 0 spiro atoms. The lowest BCUT2D eigenvalue weighted by molar-refractivity contribution is -0.116. The molecular weight excluding hydrogens is 446 g/mol. The molecule has 35 heavy (non-hydrogen) atoms. The molecule has 7 nitrogen and oxygen atoms in total. The SMILES string of the molecule is CCOc1c(/C(C)=C/C(=O)NCc2ccco2)cc2c(-c3ccc(OC)c(OC)c3)coc2c1C. The average molecular weight is 476 g/mol. The van der Waals surface area contributed by atoms with Crippen molar-refractivity contribution in [1.29, 1.82) is 0 Å². The summed E-state index contributed by atoms with van der Waals surface area (Å²) in [5.74, 6) is 2.45. The molecule has 2 aromatic heterocycles. The summed E-state index contributed by atoms with van der Waals surface area (Å²) in [6.45, 7) is 6.59. The normalized spacial score (nSPS) is 11.5. The summed E-state index contributed by atoms with van der Waals surface area (Å²) in [6, 6.07) is 11.4. The minimum absolute atomic E-state index is 0.216. The van der Waals surface area contributed by atoms with Crippen molar-refractivity contribution in [2.75, 3.05) is 20.8 Å². The van der Waals surface area contributed by atoms with Crippen LogP contribution in [0.5, 0.6) is 17.2 Å². The third-order valence-electron chi connectivity index (χ3n) is 5.82. The van der Waals surface area contributed by atoms with Gasteiger partial charge in [-0.2, -0.15) is 0 Å². The monoisotopic (exact) mass is 475 g/mol. The topological polar surface area (TPSA) is 83.1 Å². The Morgan fingerprint density at radius 1 is 1.09 bits per heavy atom. The van der Waals surface area contributed by atoms with E-state index in [9.17, 15) is 4.79 Å². The number of hydrogen-bond acceptors (Lipinski definition) is 6. The third-order valence-corrected chi connectivity index (χ3v) is 5.82. The van der Waals surface area contributed by atoms with Crippen LogP contribution < -0.4 is 19.5 Å². The van der Waals surface area contributed by atoms with Crippen molar-refractivity contribution in [1.82, 2.24) is 5.32 Å². The van der Waals surface area contributed by atoms with Crippen LogP contribution in [0.15, 0.2) is 63.8 Å². The number of furan rings is 2. The number of hydrogen-bond donors (Lipinski definition) is 1. The molecule has 0 aliphatic heterocycles. The molecule has 182 valence electrons. The Kier molecular flexibility index (Phi) is 7.15. The number of ether oxygens (including phenoxy) is 3. The summed E-state index contributed by atoms with van der Waals surface area (Å²) < 4.78 is 28.1. The maximum atomic E-state index is 12.6. The number of nitrogens with one attached hydrogen (secondary N) is 1. The first-order valence-corrected chi connectivity index (χ1v) is 11.4. The van der Waals surface area contributed by atoms with Crippen molar-refractivity contribution in [3.63, 3.8) is 0 Å². The zero-order valence-electron chi connectivity index (χ0n) is 20.6. The molecule has 0 saturated heterocycles. The summed E-state index contributed by atoms with van der Waals surface area (Å²) in [4.78, 5) is 12.6. The highest BCUT2D eigenvalue weighted by Crippen LogP contribution is 2.42. The first-order valence-electron chi connectivity index (χ1n) is 11.4. The molecule has 2 heterocycles. The Hall–Kier alpha value is -4.13. The van der Waals surface area contributed by atoms with E-state index in [1.807, 2.05) is 51.1 Å². The highest BCUT2D eigenvalue weighted by atomic mass is 16.5. The minimum Gasteiger partial charge on any atom is -0.493 e. The van der Waals surface area contributed by atoms with Crippen LogP contribution in [0.25, 0.3) is 27.7 Å². The van der Waals surface area contributed by atoms with Gasteiger partial charge in [-0.3, -0.25) is 4.79 Å². The van der Waals surface area contributed by atoms with Gasteiger partial charge in [-0.1, -0.05) is 6.07 Å². The van der Waals surface area contributed by atoms with Crippen LogP contribution in [0.3, 0.4) is 0 Å². The van der Waals surface area contributed by atoms with Gasteiger partial charge in [-0.25, -0.2) is 0 Å². The van der Waals surface area contributed by atoms with E-state index in [1.165, 1.54) is 0 Å². The van der Waals surface area contributed by atoms with Gasteiger partial charge in [0.05, 0.1) is 39.9 Å². The predicted molar refractivity (Wildman–Crippen MR) is 135 cm³/mol. The zero-order chi connectivity index (χ0) is 24.9. The van der Waals surface area contributed by atoms with Crippen LogP contribution in [0.1, 0.15) is 30.7 Å². The second-order valence-electron chi connectivity index (χ2n) is 8.03. The van der Waals surface area contributed by atoms with E-state index in [1.54, 1.807) is 38.9 Å². The van der Waals surface area contributed by atoms with Crippen molar-refractivity contribution in [3.8, 4) is 28.4 Å². The quantitative estimate of drug-likeness (QED) is 0.293. The van der Waals surface area contributed by atoms with Crippen LogP contribution in [-0.2, 0) is 11.3 Å². The molecule has 0 unspecified atom stereocenters. The van der Waals surface area contributed by atoms with Gasteiger partial charge in [-0.15, -0.1) is 0 Å². The summed E-state index contributed by atoms with van der Waals surface area (Å²) in [5, 5.41) is 3.76. The molecule has 4 aromatic rings. The third kappa shape index (κ3) is 4.89. The van der Waals surface area contributed by atoms with Gasteiger partial charge in [0.15, 0.2) is 11.5 Å². The maximum absolute atomic E-state index is 12.6. The summed E-state index contributed by atoms with van der Waals surface area (Å²) in [7, 11) is 3.21. The highest BCUT2D eigenvalue weighted by Gasteiger charge is 2.20. The number of allylic oxidation sites excluding steroid dienone is 1. The molecule has 1 amide bonds. The first kappa shape index (κ1) is 24.0. The molecule has 0 aliphatic rings. The molecular formula is C28H29NO6. The van der Waals surface area contributed by atoms with Crippen molar-refractivity contribution in [2.45, 2.75) is 27.3 Å². The molecule has 0 fully saturated rings. The van der Waals surface area contributed by atoms with Crippen molar-refractivity contribution < 1.29 is 27.8 Å². The smallest absolute Gasteiger partial charge is 0.244 e. The number of fused-ring (bicyclic) bond motifs is 1. The van der Waals surface area contributed by atoms with E-state index >= 15 is 0 Å². The Labute approximate surface area is 204 Å². The Morgan fingerprint density at radius 2 is 1.89 bits per heavy atom. The molecule has 0 bridgehead atoms. The van der Waals surface area contributed by atoms with Crippen LogP contribution in [0.4, 0.5) is 0 Å². The number of carbonyl (C=O) groups excluding carboxylic acids is 1. The van der Waals surface area contributed by atoms with Crippen molar-refractivity contribution in [2.24, 2.45) is 0 Å². The summed E-state index contributed by atoms with van der Waals surface area (Å²) in [5.41, 5.74) is 5.03. The van der Waals surface area contributed by atoms with E-state index in [0.29, 0.717) is 36.2 Å². The molecule has 0 saturated carbocycles. The number of rotatable bonds is 9. The molecule has 0 aliphatic carbocycles. The fourth-order valence-corrected chi connectivity index (χ4v) is 4.08. The second-order valence-corrected chi connectivity index (χ2v) is 8.03. The molecule has 0 radical (unpaired) electrons. The van der Waals surface area contributed by atoms with E-state index in [4.69, 9.17) is 23.0 Å². The fourth-order valence-electron chi connectivity index (χ4n) is 4.08. The number of benzene rings is 2. The predicted octanol–water partition coefficient (Wildman–Crippen LogP) is 6.14. The van der Waals surface area contributed by atoms with Crippen molar-refractivity contribution in [3.05, 3.63) is 71.9 Å². The summed E-state index contributed by atoms with van der Waals surface area (Å²) in [6.07, 6.45) is 4.88. The standard InChI is InChI=1S/C28H29NO6/c1-6-33-27-18(3)28-22(23(16-35-28)19-9-10-24(31-4)25(13-19)32-5)14-21(27)17(2)12-26(30)29-15-20-8-7-11-34-20/h7-14,16H,6,15H2,1-5H3,(H,29,30)/b17-12+. The lowest BCUT2D eigenvalue weighted by Gasteiger charge is -2.15. The van der Waals surface area contributed by atoms with Crippen LogP contribution in [0, 0.1) is 6.92 Å². The Morgan fingerprint density at radius 3 is 2.57 bits per heavy atom. The van der Waals surface area contributed by atoms with Gasteiger partial charge in [0.25, 0.3) is 0 Å². The molecule has 4 rings (SSSR count). The molecule has 0 atom stereocenters. The summed E-state index contributed by atoms with van der Waals surface area (Å²) >= 11 is 0. The maximum Gasteiger partial charge on any atom is 0.244 e. The molecule has 7 heteroatoms. The lowest BCUT2D eigenvalue weighted by atomic mass is 9.96. The average Bonchev–Trinajstić information content (AvgIpc) is 3.54.